The molecule has 33 heavy (non-hydrogen) atoms. The Balaban J connectivity index is 1.24. The molecule has 1 amide bonds. The maximum Gasteiger partial charge on any atom is 0.325 e. The molecule has 1 saturated heterocycles. The molecule has 0 radical (unpaired) electrons. The lowest BCUT2D eigenvalue weighted by molar-refractivity contribution is -0.145. The number of hydrogen-bond acceptors (Lipinski definition) is 6. The van der Waals surface area contributed by atoms with Crippen molar-refractivity contribution in [3.63, 3.8) is 0 Å². The topological polar surface area (TPSA) is 103 Å². The number of ketones is 1. The number of carboxylic acid groups (broad SMARTS) is 1. The largest absolute Gasteiger partial charge is 0.480 e. The van der Waals surface area contributed by atoms with Crippen molar-refractivity contribution in [1.82, 2.24) is 14.8 Å². The molecule has 1 fully saturated rings. The van der Waals surface area contributed by atoms with Crippen molar-refractivity contribution in [3.05, 3.63) is 59.3 Å². The van der Waals surface area contributed by atoms with Crippen LogP contribution in [0.3, 0.4) is 0 Å². The third kappa shape index (κ3) is 5.57. The van der Waals surface area contributed by atoms with Gasteiger partial charge in [0.25, 0.3) is 0 Å². The monoisotopic (exact) mass is 450 g/mol. The van der Waals surface area contributed by atoms with E-state index >= 15 is 0 Å². The molecule has 1 aromatic carbocycles. The zero-order valence-corrected chi connectivity index (χ0v) is 18.7. The van der Waals surface area contributed by atoms with E-state index in [2.05, 4.69) is 10.3 Å². The van der Waals surface area contributed by atoms with Crippen LogP contribution >= 0.6 is 0 Å². The van der Waals surface area contributed by atoms with Crippen molar-refractivity contribution in [2.24, 2.45) is 0 Å². The van der Waals surface area contributed by atoms with Gasteiger partial charge in [-0.25, -0.2) is 4.98 Å². The smallest absolute Gasteiger partial charge is 0.325 e. The first-order chi connectivity index (χ1) is 16.0. The molecule has 2 aromatic rings. The number of aromatic nitrogens is 1. The molecule has 8 heteroatoms. The number of carbonyl (C=O) groups is 3. The van der Waals surface area contributed by atoms with E-state index in [1.165, 1.54) is 0 Å². The number of rotatable bonds is 8. The van der Waals surface area contributed by atoms with E-state index in [1.54, 1.807) is 11.0 Å². The predicted molar refractivity (Wildman–Crippen MR) is 124 cm³/mol. The number of aryl methyl sites for hydroxylation is 1. The van der Waals surface area contributed by atoms with Gasteiger partial charge in [-0.05, 0) is 36.5 Å². The van der Waals surface area contributed by atoms with E-state index in [1.807, 2.05) is 41.3 Å². The summed E-state index contributed by atoms with van der Waals surface area (Å²) in [6, 6.07) is 12.2. The number of hydrogen-bond donors (Lipinski definition) is 2. The third-order valence-corrected chi connectivity index (χ3v) is 6.36. The average molecular weight is 451 g/mol. The number of amides is 1. The zero-order chi connectivity index (χ0) is 23.2. The van der Waals surface area contributed by atoms with Gasteiger partial charge in [0.2, 0.25) is 5.91 Å². The average Bonchev–Trinajstić information content (AvgIpc) is 2.84. The van der Waals surface area contributed by atoms with Crippen LogP contribution in [0.1, 0.15) is 53.3 Å². The molecular weight excluding hydrogens is 420 g/mol. The van der Waals surface area contributed by atoms with Crippen LogP contribution in [0.4, 0.5) is 5.82 Å². The van der Waals surface area contributed by atoms with Gasteiger partial charge in [0.05, 0.1) is 0 Å². The number of carbonyl (C=O) groups excluding carboxylic acids is 2. The quantitative estimate of drug-likeness (QED) is 0.596. The van der Waals surface area contributed by atoms with Crippen LogP contribution in [0.2, 0.25) is 0 Å². The molecule has 3 heterocycles. The Kier molecular flexibility index (Phi) is 7.34. The second-order valence-electron chi connectivity index (χ2n) is 8.58. The van der Waals surface area contributed by atoms with Crippen LogP contribution in [0.15, 0.2) is 42.5 Å². The van der Waals surface area contributed by atoms with Gasteiger partial charge in [-0.2, -0.15) is 0 Å². The number of nitrogens with zero attached hydrogens (tertiary/aromatic N) is 3. The van der Waals surface area contributed by atoms with E-state index in [4.69, 9.17) is 0 Å². The van der Waals surface area contributed by atoms with Crippen LogP contribution in [0.25, 0.3) is 0 Å². The SMILES string of the molecule is O=C(CCCC(=O)N1CCN(C(C(=O)O)c2ccccc2)CC1)c1ccc2c(n1)NCCC2. The Hall–Kier alpha value is -3.26. The van der Waals surface area contributed by atoms with Crippen LogP contribution in [-0.4, -0.2) is 70.3 Å². The Labute approximate surface area is 193 Å². The fourth-order valence-electron chi connectivity index (χ4n) is 4.54. The number of benzene rings is 1. The van der Waals surface area contributed by atoms with Crippen molar-refractivity contribution in [1.29, 1.82) is 0 Å². The number of carboxylic acids is 1. The molecule has 2 aliphatic heterocycles. The Bertz CT molecular complexity index is 1000. The molecule has 1 aromatic heterocycles. The first-order valence-electron chi connectivity index (χ1n) is 11.6. The lowest BCUT2D eigenvalue weighted by Gasteiger charge is -2.37. The number of anilines is 1. The van der Waals surface area contributed by atoms with Crippen LogP contribution in [-0.2, 0) is 16.0 Å². The van der Waals surface area contributed by atoms with Crippen molar-refractivity contribution < 1.29 is 19.5 Å². The maximum absolute atomic E-state index is 12.6. The summed E-state index contributed by atoms with van der Waals surface area (Å²) in [6.07, 6.45) is 3.11. The van der Waals surface area contributed by atoms with Gasteiger partial charge in [-0.3, -0.25) is 19.3 Å². The van der Waals surface area contributed by atoms with Crippen molar-refractivity contribution in [2.45, 2.75) is 38.1 Å². The minimum Gasteiger partial charge on any atom is -0.480 e. The highest BCUT2D eigenvalue weighted by molar-refractivity contribution is 5.95. The third-order valence-electron chi connectivity index (χ3n) is 6.36. The molecule has 4 rings (SSSR count). The summed E-state index contributed by atoms with van der Waals surface area (Å²) in [5.74, 6) is -0.120. The summed E-state index contributed by atoms with van der Waals surface area (Å²) < 4.78 is 0. The molecule has 2 N–H and O–H groups in total. The molecule has 174 valence electrons. The van der Waals surface area contributed by atoms with Gasteiger partial charge in [0.15, 0.2) is 5.78 Å². The van der Waals surface area contributed by atoms with Crippen LogP contribution in [0, 0.1) is 0 Å². The second kappa shape index (κ2) is 10.6. The second-order valence-corrected chi connectivity index (χ2v) is 8.58. The molecule has 2 aliphatic rings. The van der Waals surface area contributed by atoms with E-state index in [-0.39, 0.29) is 18.1 Å². The molecule has 1 unspecified atom stereocenters. The lowest BCUT2D eigenvalue weighted by Crippen LogP contribution is -2.51. The highest BCUT2D eigenvalue weighted by Gasteiger charge is 2.31. The first-order valence-corrected chi connectivity index (χ1v) is 11.6. The number of Topliss-reactive ketones (excluding diaryl/α,β-unsaturated/α-hetero) is 1. The van der Waals surface area contributed by atoms with E-state index in [9.17, 15) is 19.5 Å². The van der Waals surface area contributed by atoms with E-state index in [0.29, 0.717) is 44.7 Å². The predicted octanol–water partition coefficient (Wildman–Crippen LogP) is 2.76. The molecule has 0 aliphatic carbocycles. The van der Waals surface area contributed by atoms with Gasteiger partial charge >= 0.3 is 5.97 Å². The number of pyridine rings is 1. The van der Waals surface area contributed by atoms with Crippen LogP contribution < -0.4 is 5.32 Å². The molecule has 0 saturated carbocycles. The normalized spacial score (nSPS) is 17.0. The van der Waals surface area contributed by atoms with E-state index < -0.39 is 12.0 Å². The van der Waals surface area contributed by atoms with Gasteiger partial charge in [0, 0.05) is 45.6 Å². The maximum atomic E-state index is 12.6. The highest BCUT2D eigenvalue weighted by Crippen LogP contribution is 2.23. The number of fused-ring (bicyclic) bond motifs is 1. The van der Waals surface area contributed by atoms with Gasteiger partial charge in [-0.1, -0.05) is 36.4 Å². The standard InChI is InChI=1S/C25H30N4O4/c30-21(20-12-11-19-8-5-13-26-24(19)27-20)9-4-10-22(31)28-14-16-29(17-15-28)23(25(32)33)18-6-2-1-3-7-18/h1-3,6-7,11-12,23H,4-5,8-10,13-17H2,(H,26,27)(H,32,33). The molecule has 8 nitrogen and oxygen atoms in total. The number of piperazine rings is 1. The Morgan fingerprint density at radius 3 is 2.48 bits per heavy atom. The van der Waals surface area contributed by atoms with Gasteiger partial charge < -0.3 is 15.3 Å². The van der Waals surface area contributed by atoms with E-state index in [0.717, 1.165) is 36.3 Å². The van der Waals surface area contributed by atoms with Crippen LogP contribution in [0.5, 0.6) is 0 Å². The highest BCUT2D eigenvalue weighted by atomic mass is 16.4. The van der Waals surface area contributed by atoms with Crippen molar-refractivity contribution >= 4 is 23.5 Å². The fraction of sp³-hybridized carbons (Fsp3) is 0.440. The number of nitrogens with one attached hydrogen (secondary N) is 1. The lowest BCUT2D eigenvalue weighted by atomic mass is 10.0. The fourth-order valence-corrected chi connectivity index (χ4v) is 4.54. The summed E-state index contributed by atoms with van der Waals surface area (Å²) >= 11 is 0. The van der Waals surface area contributed by atoms with Crippen molar-refractivity contribution in [3.8, 4) is 0 Å². The summed E-state index contributed by atoms with van der Waals surface area (Å²) in [6.45, 7) is 2.85. The Morgan fingerprint density at radius 2 is 1.76 bits per heavy atom. The zero-order valence-electron chi connectivity index (χ0n) is 18.7. The number of aliphatic carboxylic acids is 1. The summed E-state index contributed by atoms with van der Waals surface area (Å²) in [7, 11) is 0. The first kappa shape index (κ1) is 22.9. The molecule has 1 atom stereocenters. The molecule has 0 spiro atoms. The molecule has 0 bridgehead atoms. The molecular formula is C25H30N4O4. The van der Waals surface area contributed by atoms with Gasteiger partial charge in [0.1, 0.15) is 17.6 Å². The van der Waals surface area contributed by atoms with Gasteiger partial charge in [-0.15, -0.1) is 0 Å². The Morgan fingerprint density at radius 1 is 1.00 bits per heavy atom. The summed E-state index contributed by atoms with van der Waals surface area (Å²) in [4.78, 5) is 45.2. The van der Waals surface area contributed by atoms with Crippen molar-refractivity contribution in [2.75, 3.05) is 38.0 Å². The summed E-state index contributed by atoms with van der Waals surface area (Å²) in [5.41, 5.74) is 2.34. The minimum atomic E-state index is -0.884. The summed E-state index contributed by atoms with van der Waals surface area (Å²) in [5, 5.41) is 13.0. The minimum absolute atomic E-state index is 0.00843.